The van der Waals surface area contributed by atoms with Gasteiger partial charge in [0.2, 0.25) is 11.0 Å². The van der Waals surface area contributed by atoms with Crippen LogP contribution in [-0.2, 0) is 14.3 Å². The summed E-state index contributed by atoms with van der Waals surface area (Å²) in [7, 11) is 1.32. The van der Waals surface area contributed by atoms with Crippen LogP contribution in [0.1, 0.15) is 37.1 Å². The fourth-order valence-corrected chi connectivity index (χ4v) is 2.99. The summed E-state index contributed by atoms with van der Waals surface area (Å²) in [5.74, 6) is -1.27. The number of hydrogen-bond acceptors (Lipinski definition) is 6. The molecular weight excluding hydrogens is 304 g/mol. The third-order valence-electron chi connectivity index (χ3n) is 3.44. The van der Waals surface area contributed by atoms with Crippen LogP contribution in [0.2, 0.25) is 0 Å². The second-order valence-electron chi connectivity index (χ2n) is 4.82. The molecule has 1 amide bonds. The first-order valence-electron chi connectivity index (χ1n) is 6.51. The summed E-state index contributed by atoms with van der Waals surface area (Å²) in [6, 6.07) is 0. The molecule has 116 valence electrons. The van der Waals surface area contributed by atoms with Gasteiger partial charge in [0.1, 0.15) is 0 Å². The van der Waals surface area contributed by atoms with E-state index >= 15 is 0 Å². The zero-order chi connectivity index (χ0) is 15.4. The summed E-state index contributed by atoms with van der Waals surface area (Å²) in [6.07, 6.45) is -0.202. The molecule has 1 N–H and O–H groups in total. The smallest absolute Gasteiger partial charge is 0.308 e. The minimum atomic E-state index is -2.70. The third kappa shape index (κ3) is 3.93. The normalized spacial score (nSPS) is 22.1. The van der Waals surface area contributed by atoms with Crippen molar-refractivity contribution < 1.29 is 23.1 Å². The molecule has 1 aromatic rings. The second-order valence-corrected chi connectivity index (χ2v) is 5.83. The molecule has 6 nitrogen and oxygen atoms in total. The molecule has 21 heavy (non-hydrogen) atoms. The van der Waals surface area contributed by atoms with E-state index in [1.165, 1.54) is 7.11 Å². The molecule has 2 rings (SSSR count). The minimum absolute atomic E-state index is 0.0514. The van der Waals surface area contributed by atoms with Crippen molar-refractivity contribution >= 4 is 28.3 Å². The maximum Gasteiger partial charge on any atom is 0.308 e. The first-order valence-corrected chi connectivity index (χ1v) is 7.33. The van der Waals surface area contributed by atoms with Gasteiger partial charge in [-0.25, -0.2) is 8.78 Å². The molecule has 2 unspecified atom stereocenters. The molecule has 1 aliphatic rings. The SMILES string of the molecule is COC(=O)C1CCCC(C(=O)Nc2nnc(C(F)F)s2)C1. The van der Waals surface area contributed by atoms with Crippen molar-refractivity contribution in [2.24, 2.45) is 11.8 Å². The van der Waals surface area contributed by atoms with Crippen molar-refractivity contribution in [2.45, 2.75) is 32.1 Å². The van der Waals surface area contributed by atoms with Gasteiger partial charge in [-0.15, -0.1) is 10.2 Å². The molecule has 1 heterocycles. The number of anilines is 1. The second kappa shape index (κ2) is 6.88. The Bertz CT molecular complexity index is 524. The van der Waals surface area contributed by atoms with Crippen molar-refractivity contribution in [3.8, 4) is 0 Å². The first-order chi connectivity index (χ1) is 10.0. The molecule has 0 spiro atoms. The molecule has 0 aromatic carbocycles. The Balaban J connectivity index is 1.94. The van der Waals surface area contributed by atoms with Crippen molar-refractivity contribution in [2.75, 3.05) is 12.4 Å². The fraction of sp³-hybridized carbons (Fsp3) is 0.667. The van der Waals surface area contributed by atoms with Crippen LogP contribution in [0, 0.1) is 11.8 Å². The molecular formula is C12H15F2N3O3S. The van der Waals surface area contributed by atoms with E-state index in [1.54, 1.807) is 0 Å². The van der Waals surface area contributed by atoms with E-state index in [1.807, 2.05) is 0 Å². The number of amides is 1. The molecule has 0 radical (unpaired) electrons. The van der Waals surface area contributed by atoms with Crippen LogP contribution in [0.5, 0.6) is 0 Å². The molecule has 0 bridgehead atoms. The lowest BCUT2D eigenvalue weighted by atomic mass is 9.81. The van der Waals surface area contributed by atoms with Crippen LogP contribution < -0.4 is 5.32 Å². The van der Waals surface area contributed by atoms with Crippen LogP contribution >= 0.6 is 11.3 Å². The van der Waals surface area contributed by atoms with Crippen molar-refractivity contribution in [1.29, 1.82) is 0 Å². The molecule has 1 aliphatic carbocycles. The number of rotatable bonds is 4. The summed E-state index contributed by atoms with van der Waals surface area (Å²) < 4.78 is 29.5. The quantitative estimate of drug-likeness (QED) is 0.862. The van der Waals surface area contributed by atoms with Crippen LogP contribution in [0.25, 0.3) is 0 Å². The first kappa shape index (κ1) is 15.7. The fourth-order valence-electron chi connectivity index (χ4n) is 2.39. The van der Waals surface area contributed by atoms with Gasteiger partial charge in [0, 0.05) is 5.92 Å². The van der Waals surface area contributed by atoms with Gasteiger partial charge in [0.15, 0.2) is 5.01 Å². The van der Waals surface area contributed by atoms with Gasteiger partial charge in [-0.2, -0.15) is 0 Å². The van der Waals surface area contributed by atoms with E-state index in [-0.39, 0.29) is 28.8 Å². The highest BCUT2D eigenvalue weighted by Gasteiger charge is 2.32. The molecule has 0 aliphatic heterocycles. The monoisotopic (exact) mass is 319 g/mol. The number of nitrogens with zero attached hydrogens (tertiary/aromatic N) is 2. The van der Waals surface area contributed by atoms with Crippen LogP contribution in [0.3, 0.4) is 0 Å². The van der Waals surface area contributed by atoms with Gasteiger partial charge in [-0.05, 0) is 19.3 Å². The highest BCUT2D eigenvalue weighted by molar-refractivity contribution is 7.15. The number of carbonyl (C=O) groups is 2. The summed E-state index contributed by atoms with van der Waals surface area (Å²) in [6.45, 7) is 0. The summed E-state index contributed by atoms with van der Waals surface area (Å²) in [4.78, 5) is 23.6. The zero-order valence-electron chi connectivity index (χ0n) is 11.3. The Morgan fingerprint density at radius 3 is 2.67 bits per heavy atom. The third-order valence-corrected chi connectivity index (χ3v) is 4.28. The van der Waals surface area contributed by atoms with Gasteiger partial charge in [-0.3, -0.25) is 9.59 Å². The van der Waals surface area contributed by atoms with E-state index in [0.29, 0.717) is 30.6 Å². The Morgan fingerprint density at radius 2 is 2.05 bits per heavy atom. The van der Waals surface area contributed by atoms with Gasteiger partial charge in [0.05, 0.1) is 13.0 Å². The minimum Gasteiger partial charge on any atom is -0.469 e. The molecule has 1 fully saturated rings. The average Bonchev–Trinajstić information content (AvgIpc) is 2.95. The van der Waals surface area contributed by atoms with Gasteiger partial charge >= 0.3 is 5.97 Å². The molecule has 9 heteroatoms. The Labute approximate surface area is 123 Å². The van der Waals surface area contributed by atoms with Gasteiger partial charge < -0.3 is 10.1 Å². The maximum absolute atomic E-state index is 12.4. The van der Waals surface area contributed by atoms with Gasteiger partial charge in [-0.1, -0.05) is 17.8 Å². The van der Waals surface area contributed by atoms with Crippen LogP contribution in [0.15, 0.2) is 0 Å². The average molecular weight is 319 g/mol. The number of alkyl halides is 2. The Hall–Kier alpha value is -1.64. The number of methoxy groups -OCH3 is 1. The van der Waals surface area contributed by atoms with Gasteiger partial charge in [0.25, 0.3) is 6.43 Å². The summed E-state index contributed by atoms with van der Waals surface area (Å²) in [5.41, 5.74) is 0. The Kier molecular flexibility index (Phi) is 5.16. The topological polar surface area (TPSA) is 81.2 Å². The number of carbonyl (C=O) groups excluding carboxylic acids is 2. The lowest BCUT2D eigenvalue weighted by molar-refractivity contribution is -0.147. The standard InChI is InChI=1S/C12H15F2N3O3S/c1-20-11(19)7-4-2-3-6(5-7)9(18)15-12-17-16-10(21-12)8(13)14/h6-8H,2-5H2,1H3,(H,15,17,18). The molecule has 2 atom stereocenters. The van der Waals surface area contributed by atoms with E-state index in [9.17, 15) is 18.4 Å². The number of aromatic nitrogens is 2. The lowest BCUT2D eigenvalue weighted by Crippen LogP contribution is -2.31. The van der Waals surface area contributed by atoms with E-state index in [2.05, 4.69) is 15.5 Å². The lowest BCUT2D eigenvalue weighted by Gasteiger charge is -2.26. The highest BCUT2D eigenvalue weighted by atomic mass is 32.1. The summed E-state index contributed by atoms with van der Waals surface area (Å²) in [5, 5.41) is 8.91. The predicted octanol–water partition coefficient (Wildman–Crippen LogP) is 2.39. The largest absolute Gasteiger partial charge is 0.469 e. The molecule has 1 aromatic heterocycles. The Morgan fingerprint density at radius 1 is 1.33 bits per heavy atom. The maximum atomic E-state index is 12.4. The number of ether oxygens (including phenoxy) is 1. The molecule has 1 saturated carbocycles. The molecule has 0 saturated heterocycles. The zero-order valence-corrected chi connectivity index (χ0v) is 12.2. The van der Waals surface area contributed by atoms with E-state index < -0.39 is 11.4 Å². The highest BCUT2D eigenvalue weighted by Crippen LogP contribution is 2.31. The summed E-state index contributed by atoms with van der Waals surface area (Å²) >= 11 is 0.649. The van der Waals surface area contributed by atoms with Crippen molar-refractivity contribution in [3.05, 3.63) is 5.01 Å². The van der Waals surface area contributed by atoms with E-state index in [4.69, 9.17) is 4.74 Å². The van der Waals surface area contributed by atoms with Crippen LogP contribution in [-0.4, -0.2) is 29.2 Å². The van der Waals surface area contributed by atoms with Crippen molar-refractivity contribution in [1.82, 2.24) is 10.2 Å². The van der Waals surface area contributed by atoms with Crippen LogP contribution in [0.4, 0.5) is 13.9 Å². The number of hydrogen-bond donors (Lipinski definition) is 1. The predicted molar refractivity (Wildman–Crippen MR) is 71.0 cm³/mol. The number of esters is 1. The van der Waals surface area contributed by atoms with E-state index in [0.717, 1.165) is 6.42 Å². The van der Waals surface area contributed by atoms with Crippen molar-refractivity contribution in [3.63, 3.8) is 0 Å². The number of nitrogens with one attached hydrogen (secondary N) is 1. The number of halogens is 2.